The molecular formula is C10H10F2O3S. The first kappa shape index (κ1) is 12.8. The van der Waals surface area contributed by atoms with Crippen molar-refractivity contribution in [2.75, 3.05) is 6.26 Å². The Morgan fingerprint density at radius 2 is 2.00 bits per heavy atom. The van der Waals surface area contributed by atoms with Crippen LogP contribution < -0.4 is 0 Å². The molecule has 0 amide bonds. The molecule has 3 nitrogen and oxygen atoms in total. The first-order valence-corrected chi connectivity index (χ1v) is 5.90. The summed E-state index contributed by atoms with van der Waals surface area (Å²) in [6, 6.07) is 2.12. The van der Waals surface area contributed by atoms with Crippen LogP contribution in [0.4, 0.5) is 8.78 Å². The van der Waals surface area contributed by atoms with Crippen LogP contribution in [0.25, 0.3) is 0 Å². The van der Waals surface area contributed by atoms with Crippen LogP contribution in [0, 0.1) is 6.92 Å². The third-order valence-electron chi connectivity index (χ3n) is 2.19. The van der Waals surface area contributed by atoms with Gasteiger partial charge in [-0.05, 0) is 18.6 Å². The summed E-state index contributed by atoms with van der Waals surface area (Å²) in [5.74, 6) is -1.22. The molecule has 1 rings (SSSR count). The van der Waals surface area contributed by atoms with Crippen LogP contribution in [0.15, 0.2) is 17.0 Å². The second kappa shape index (κ2) is 4.69. The standard InChI is InChI=1S/C10H10F2O3S/c1-5-6(10(13)14)3-4-7(9(11)12)8(5)16(2)15/h3-4,9H,1-2H3,(H,13,14)/t16-/m0/s1. The number of carbonyl (C=O) groups is 1. The molecule has 0 heterocycles. The maximum Gasteiger partial charge on any atom is 0.335 e. The van der Waals surface area contributed by atoms with E-state index >= 15 is 0 Å². The summed E-state index contributed by atoms with van der Waals surface area (Å²) >= 11 is 0. The third kappa shape index (κ3) is 2.27. The molecule has 1 N–H and O–H groups in total. The molecule has 0 unspecified atom stereocenters. The Labute approximate surface area is 93.6 Å². The molecule has 0 fully saturated rings. The third-order valence-corrected chi connectivity index (χ3v) is 3.31. The van der Waals surface area contributed by atoms with Crippen molar-refractivity contribution >= 4 is 16.8 Å². The molecule has 16 heavy (non-hydrogen) atoms. The minimum Gasteiger partial charge on any atom is -0.478 e. The number of carboxylic acid groups (broad SMARTS) is 1. The number of halogens is 2. The van der Waals surface area contributed by atoms with Gasteiger partial charge in [-0.25, -0.2) is 13.6 Å². The van der Waals surface area contributed by atoms with Crippen molar-refractivity contribution in [2.24, 2.45) is 0 Å². The van der Waals surface area contributed by atoms with Gasteiger partial charge in [-0.3, -0.25) is 4.21 Å². The van der Waals surface area contributed by atoms with Gasteiger partial charge in [-0.15, -0.1) is 0 Å². The van der Waals surface area contributed by atoms with Crippen LogP contribution in [0.2, 0.25) is 0 Å². The lowest BCUT2D eigenvalue weighted by Crippen LogP contribution is -2.07. The van der Waals surface area contributed by atoms with Crippen molar-refractivity contribution in [3.05, 3.63) is 28.8 Å². The summed E-state index contributed by atoms with van der Waals surface area (Å²) in [4.78, 5) is 10.7. The van der Waals surface area contributed by atoms with Gasteiger partial charge in [0.2, 0.25) is 0 Å². The van der Waals surface area contributed by atoms with Crippen LogP contribution in [-0.2, 0) is 10.8 Å². The van der Waals surface area contributed by atoms with E-state index in [2.05, 4.69) is 0 Å². The highest BCUT2D eigenvalue weighted by Crippen LogP contribution is 2.29. The van der Waals surface area contributed by atoms with E-state index in [9.17, 15) is 17.8 Å². The Kier molecular flexibility index (Phi) is 3.74. The van der Waals surface area contributed by atoms with Gasteiger partial charge in [0.05, 0.1) is 21.3 Å². The van der Waals surface area contributed by atoms with E-state index < -0.39 is 23.2 Å². The topological polar surface area (TPSA) is 54.4 Å². The smallest absolute Gasteiger partial charge is 0.335 e. The van der Waals surface area contributed by atoms with Gasteiger partial charge in [0.1, 0.15) is 0 Å². The molecule has 0 saturated carbocycles. The Balaban J connectivity index is 3.54. The molecule has 6 heteroatoms. The maximum absolute atomic E-state index is 12.6. The molecule has 1 aromatic carbocycles. The fraction of sp³-hybridized carbons (Fsp3) is 0.300. The zero-order valence-electron chi connectivity index (χ0n) is 8.66. The fourth-order valence-corrected chi connectivity index (χ4v) is 2.53. The van der Waals surface area contributed by atoms with Crippen LogP contribution in [0.5, 0.6) is 0 Å². The van der Waals surface area contributed by atoms with Crippen LogP contribution >= 0.6 is 0 Å². The Morgan fingerprint density at radius 3 is 2.38 bits per heavy atom. The number of carboxylic acids is 1. The summed E-state index contributed by atoms with van der Waals surface area (Å²) in [7, 11) is -1.64. The predicted molar refractivity (Wildman–Crippen MR) is 55.4 cm³/mol. The Morgan fingerprint density at radius 1 is 1.44 bits per heavy atom. The molecule has 0 radical (unpaired) electrons. The number of alkyl halides is 2. The summed E-state index contributed by atoms with van der Waals surface area (Å²) in [5.41, 5.74) is -0.343. The summed E-state index contributed by atoms with van der Waals surface area (Å²) in [5, 5.41) is 8.81. The van der Waals surface area contributed by atoms with E-state index in [1.54, 1.807) is 0 Å². The predicted octanol–water partition coefficient (Wildman–Crippen LogP) is 2.37. The summed E-state index contributed by atoms with van der Waals surface area (Å²) in [6.07, 6.45) is -1.51. The number of benzene rings is 1. The quantitative estimate of drug-likeness (QED) is 0.893. The van der Waals surface area contributed by atoms with E-state index in [4.69, 9.17) is 5.11 Å². The van der Waals surface area contributed by atoms with Crippen LogP contribution in [0.1, 0.15) is 27.9 Å². The zero-order chi connectivity index (χ0) is 12.5. The molecule has 1 aromatic rings. The van der Waals surface area contributed by atoms with Crippen molar-refractivity contribution in [3.63, 3.8) is 0 Å². The SMILES string of the molecule is Cc1c(C(=O)O)ccc(C(F)F)c1[S@](C)=O. The van der Waals surface area contributed by atoms with E-state index in [-0.39, 0.29) is 21.6 Å². The van der Waals surface area contributed by atoms with Gasteiger partial charge in [0.15, 0.2) is 0 Å². The van der Waals surface area contributed by atoms with Gasteiger partial charge in [-0.2, -0.15) is 0 Å². The summed E-state index contributed by atoms with van der Waals surface area (Å²) in [6.45, 7) is 1.38. The Hall–Kier alpha value is -1.30. The largest absolute Gasteiger partial charge is 0.478 e. The van der Waals surface area contributed by atoms with Gasteiger partial charge < -0.3 is 5.11 Å². The highest BCUT2D eigenvalue weighted by Gasteiger charge is 2.21. The van der Waals surface area contributed by atoms with Gasteiger partial charge >= 0.3 is 5.97 Å². The first-order valence-electron chi connectivity index (χ1n) is 4.34. The zero-order valence-corrected chi connectivity index (χ0v) is 9.48. The van der Waals surface area contributed by atoms with E-state index in [1.807, 2.05) is 0 Å². The molecule has 0 saturated heterocycles. The highest BCUT2D eigenvalue weighted by molar-refractivity contribution is 7.84. The minimum absolute atomic E-state index is 0.0881. The van der Waals surface area contributed by atoms with Gasteiger partial charge in [0.25, 0.3) is 6.43 Å². The average molecular weight is 248 g/mol. The lowest BCUT2D eigenvalue weighted by Gasteiger charge is -2.11. The number of hydrogen-bond acceptors (Lipinski definition) is 2. The van der Waals surface area contributed by atoms with Crippen molar-refractivity contribution in [2.45, 2.75) is 18.2 Å². The monoisotopic (exact) mass is 248 g/mol. The normalized spacial score (nSPS) is 12.8. The van der Waals surface area contributed by atoms with Gasteiger partial charge in [-0.1, -0.05) is 6.07 Å². The molecule has 0 aliphatic carbocycles. The number of rotatable bonds is 3. The van der Waals surface area contributed by atoms with E-state index in [0.717, 1.165) is 12.1 Å². The second-order valence-electron chi connectivity index (χ2n) is 3.22. The minimum atomic E-state index is -2.76. The molecule has 1 atom stereocenters. The number of hydrogen-bond donors (Lipinski definition) is 1. The van der Waals surface area contributed by atoms with E-state index in [1.165, 1.54) is 13.2 Å². The molecule has 0 bridgehead atoms. The Bertz CT molecular complexity index is 458. The maximum atomic E-state index is 12.6. The first-order chi connectivity index (χ1) is 7.36. The second-order valence-corrected chi connectivity index (χ2v) is 4.53. The van der Waals surface area contributed by atoms with Crippen molar-refractivity contribution < 1.29 is 22.9 Å². The van der Waals surface area contributed by atoms with Crippen LogP contribution in [-0.4, -0.2) is 21.5 Å². The molecular weight excluding hydrogens is 238 g/mol. The number of aromatic carboxylic acids is 1. The van der Waals surface area contributed by atoms with Crippen molar-refractivity contribution in [1.82, 2.24) is 0 Å². The molecule has 88 valence electrons. The molecule has 0 aromatic heterocycles. The molecule has 0 aliphatic heterocycles. The summed E-state index contributed by atoms with van der Waals surface area (Å²) < 4.78 is 36.6. The lowest BCUT2D eigenvalue weighted by molar-refractivity contribution is 0.0695. The molecule has 0 aliphatic rings. The highest BCUT2D eigenvalue weighted by atomic mass is 32.2. The van der Waals surface area contributed by atoms with Gasteiger partial charge in [0, 0.05) is 11.8 Å². The fourth-order valence-electron chi connectivity index (χ4n) is 1.50. The molecule has 0 spiro atoms. The van der Waals surface area contributed by atoms with Crippen molar-refractivity contribution in [1.29, 1.82) is 0 Å². The van der Waals surface area contributed by atoms with E-state index in [0.29, 0.717) is 0 Å². The van der Waals surface area contributed by atoms with Crippen LogP contribution in [0.3, 0.4) is 0 Å². The van der Waals surface area contributed by atoms with Crippen molar-refractivity contribution in [3.8, 4) is 0 Å². The lowest BCUT2D eigenvalue weighted by atomic mass is 10.1. The average Bonchev–Trinajstić information content (AvgIpc) is 2.15.